The van der Waals surface area contributed by atoms with Gasteiger partial charge in [-0.15, -0.1) is 0 Å². The molecular formula is C61H53N. The Morgan fingerprint density at radius 2 is 1.13 bits per heavy atom. The lowest BCUT2D eigenvalue weighted by molar-refractivity contribution is 1.25. The van der Waals surface area contributed by atoms with E-state index in [1.165, 1.54) is 50.1 Å². The Hall–Kier alpha value is -7.61. The van der Waals surface area contributed by atoms with Crippen LogP contribution in [0.15, 0.2) is 249 Å². The fourth-order valence-corrected chi connectivity index (χ4v) is 7.89. The molecule has 0 aromatic heterocycles. The molecule has 0 saturated carbocycles. The molecule has 7 rings (SSSR count). The molecule has 0 spiro atoms. The highest BCUT2D eigenvalue weighted by atomic mass is 14.8. The van der Waals surface area contributed by atoms with Gasteiger partial charge in [-0.05, 0) is 123 Å². The fraction of sp³-hybridized carbons (Fsp3) is 0.0656. The molecule has 0 bridgehead atoms. The van der Waals surface area contributed by atoms with Gasteiger partial charge in [-0.2, -0.15) is 0 Å². The van der Waals surface area contributed by atoms with Gasteiger partial charge in [0.05, 0.1) is 5.70 Å². The lowest BCUT2D eigenvalue weighted by Crippen LogP contribution is -2.02. The van der Waals surface area contributed by atoms with Crippen molar-refractivity contribution in [2.75, 3.05) is 0 Å². The Labute approximate surface area is 369 Å². The molecule has 62 heavy (non-hydrogen) atoms. The number of aliphatic imine (C=N–C) groups is 1. The van der Waals surface area contributed by atoms with Crippen LogP contribution in [-0.4, -0.2) is 5.71 Å². The van der Waals surface area contributed by atoms with Crippen molar-refractivity contribution in [2.45, 2.75) is 27.2 Å². The maximum atomic E-state index is 5.30. The molecule has 1 heteroatoms. The molecule has 0 aliphatic carbocycles. The third-order valence-electron chi connectivity index (χ3n) is 11.0. The zero-order valence-corrected chi connectivity index (χ0v) is 36.0. The van der Waals surface area contributed by atoms with E-state index in [-0.39, 0.29) is 0 Å². The molecule has 0 amide bonds. The van der Waals surface area contributed by atoms with E-state index < -0.39 is 0 Å². The zero-order chi connectivity index (χ0) is 43.1. The summed E-state index contributed by atoms with van der Waals surface area (Å²) in [7, 11) is 0. The number of hydrogen-bond acceptors (Lipinski definition) is 1. The van der Waals surface area contributed by atoms with Crippen LogP contribution in [0.1, 0.15) is 48.6 Å². The van der Waals surface area contributed by atoms with E-state index in [1.54, 1.807) is 6.08 Å². The number of allylic oxidation sites excluding steroid dienone is 11. The third kappa shape index (κ3) is 10.2. The minimum atomic E-state index is 0.732. The van der Waals surface area contributed by atoms with Gasteiger partial charge in [0.2, 0.25) is 0 Å². The SMILES string of the molecule is C=C/C=C\C=C/Cc1c(C(/C=C\C)=C/C)c(-c2ccc(/C(=C/C(=C)c3cccc(-c4ccccc4)c3)N=C(C)c3ccccc3)cc2)cc(-c2ccccc2)c1-c1ccccc1. The normalized spacial score (nSPS) is 12.4. The Kier molecular flexibility index (Phi) is 14.4. The average molecular weight is 800 g/mol. The van der Waals surface area contributed by atoms with E-state index >= 15 is 0 Å². The first-order chi connectivity index (χ1) is 30.5. The molecule has 0 atom stereocenters. The van der Waals surface area contributed by atoms with Crippen LogP contribution in [0.4, 0.5) is 0 Å². The third-order valence-corrected chi connectivity index (χ3v) is 11.0. The molecule has 0 radical (unpaired) electrons. The van der Waals surface area contributed by atoms with Crippen LogP contribution in [0.25, 0.3) is 61.4 Å². The van der Waals surface area contributed by atoms with Crippen molar-refractivity contribution in [1.29, 1.82) is 0 Å². The van der Waals surface area contributed by atoms with Crippen molar-refractivity contribution < 1.29 is 0 Å². The van der Waals surface area contributed by atoms with Gasteiger partial charge in [0.1, 0.15) is 0 Å². The van der Waals surface area contributed by atoms with Crippen molar-refractivity contribution in [1.82, 2.24) is 0 Å². The maximum Gasteiger partial charge on any atom is 0.0711 e. The molecule has 0 fully saturated rings. The number of rotatable bonds is 15. The van der Waals surface area contributed by atoms with Gasteiger partial charge in [0.15, 0.2) is 0 Å². The maximum absolute atomic E-state index is 5.30. The topological polar surface area (TPSA) is 12.4 Å². The highest BCUT2D eigenvalue weighted by Crippen LogP contribution is 2.45. The molecule has 0 saturated heterocycles. The lowest BCUT2D eigenvalue weighted by atomic mass is 9.79. The van der Waals surface area contributed by atoms with Gasteiger partial charge in [0, 0.05) is 11.3 Å². The van der Waals surface area contributed by atoms with Crippen LogP contribution in [0.3, 0.4) is 0 Å². The summed E-state index contributed by atoms with van der Waals surface area (Å²) in [6, 6.07) is 62.3. The van der Waals surface area contributed by atoms with Gasteiger partial charge < -0.3 is 0 Å². The highest BCUT2D eigenvalue weighted by molar-refractivity contribution is 6.03. The van der Waals surface area contributed by atoms with E-state index in [4.69, 9.17) is 4.99 Å². The van der Waals surface area contributed by atoms with Gasteiger partial charge >= 0.3 is 0 Å². The van der Waals surface area contributed by atoms with Gasteiger partial charge in [-0.1, -0.05) is 226 Å². The second-order valence-corrected chi connectivity index (χ2v) is 15.1. The molecule has 7 aromatic carbocycles. The Balaban J connectivity index is 1.42. The summed E-state index contributed by atoms with van der Waals surface area (Å²) < 4.78 is 0. The van der Waals surface area contributed by atoms with Crippen molar-refractivity contribution in [3.63, 3.8) is 0 Å². The summed E-state index contributed by atoms with van der Waals surface area (Å²) in [5, 5.41) is 0. The van der Waals surface area contributed by atoms with Crippen molar-refractivity contribution >= 4 is 22.6 Å². The molecule has 1 nitrogen and oxygen atoms in total. The van der Waals surface area contributed by atoms with Crippen molar-refractivity contribution in [2.24, 2.45) is 4.99 Å². The highest BCUT2D eigenvalue weighted by Gasteiger charge is 2.22. The quantitative estimate of drug-likeness (QED) is 0.0724. The fourth-order valence-electron chi connectivity index (χ4n) is 7.89. The molecule has 7 aromatic rings. The number of benzene rings is 7. The van der Waals surface area contributed by atoms with Gasteiger partial charge in [0.25, 0.3) is 0 Å². The minimum Gasteiger partial charge on any atom is -0.252 e. The van der Waals surface area contributed by atoms with E-state index in [2.05, 4.69) is 234 Å². The van der Waals surface area contributed by atoms with E-state index in [0.717, 1.165) is 51.2 Å². The first-order valence-corrected chi connectivity index (χ1v) is 21.3. The predicted octanol–water partition coefficient (Wildman–Crippen LogP) is 16.7. The van der Waals surface area contributed by atoms with Crippen molar-refractivity contribution in [3.8, 4) is 44.5 Å². The van der Waals surface area contributed by atoms with Crippen LogP contribution in [0.5, 0.6) is 0 Å². The van der Waals surface area contributed by atoms with Crippen LogP contribution >= 0.6 is 0 Å². The Morgan fingerprint density at radius 3 is 1.76 bits per heavy atom. The summed E-state index contributed by atoms with van der Waals surface area (Å²) in [5.74, 6) is 0. The standard InChI is InChI=1S/C61H53N/c1-6-9-10-11-24-37-56-60(47(8-3)26-7-2)58(44-57(50-31-20-14-21-32-50)61(56)53-33-22-15-23-34-53)51-38-40-52(41-39-51)59(62-46(5)48-27-16-12-17-28-48)42-45(4)54-35-25-36-55(43-54)49-29-18-13-19-30-49/h6-36,38-44H,1,4,37H2,2-3,5H3/b10-9-,24-11-,26-7-,47-8+,59-42-,62-46?. The summed E-state index contributed by atoms with van der Waals surface area (Å²) in [6.45, 7) is 14.7. The monoisotopic (exact) mass is 799 g/mol. The van der Waals surface area contributed by atoms with Crippen LogP contribution in [-0.2, 0) is 6.42 Å². The van der Waals surface area contributed by atoms with Crippen LogP contribution in [0.2, 0.25) is 0 Å². The summed E-state index contributed by atoms with van der Waals surface area (Å²) >= 11 is 0. The number of hydrogen-bond donors (Lipinski definition) is 0. The Morgan fingerprint density at radius 1 is 0.548 bits per heavy atom. The largest absolute Gasteiger partial charge is 0.252 e. The zero-order valence-electron chi connectivity index (χ0n) is 36.0. The van der Waals surface area contributed by atoms with E-state index in [1.807, 2.05) is 24.3 Å². The molecule has 0 unspecified atom stereocenters. The number of nitrogens with zero attached hydrogens (tertiary/aromatic N) is 1. The summed E-state index contributed by atoms with van der Waals surface area (Å²) in [6.07, 6.45) is 19.6. The smallest absolute Gasteiger partial charge is 0.0711 e. The second kappa shape index (κ2) is 21.1. The van der Waals surface area contributed by atoms with Gasteiger partial charge in [-0.25, -0.2) is 0 Å². The van der Waals surface area contributed by atoms with E-state index in [0.29, 0.717) is 0 Å². The molecule has 302 valence electrons. The molecule has 0 heterocycles. The summed E-state index contributed by atoms with van der Waals surface area (Å²) in [5.41, 5.74) is 18.9. The van der Waals surface area contributed by atoms with Crippen LogP contribution < -0.4 is 0 Å². The molecule has 0 N–H and O–H groups in total. The minimum absolute atomic E-state index is 0.732. The van der Waals surface area contributed by atoms with Crippen LogP contribution in [0, 0.1) is 0 Å². The Bertz CT molecular complexity index is 2810. The molecular weight excluding hydrogens is 747 g/mol. The molecule has 0 aliphatic heterocycles. The first kappa shape index (κ1) is 42.5. The average Bonchev–Trinajstić information content (AvgIpc) is 3.33. The molecule has 0 aliphatic rings. The predicted molar refractivity (Wildman–Crippen MR) is 271 cm³/mol. The van der Waals surface area contributed by atoms with E-state index in [9.17, 15) is 0 Å². The first-order valence-electron chi connectivity index (χ1n) is 21.3. The van der Waals surface area contributed by atoms with Crippen molar-refractivity contribution in [3.05, 3.63) is 272 Å². The van der Waals surface area contributed by atoms with Gasteiger partial charge in [-0.3, -0.25) is 4.99 Å². The summed E-state index contributed by atoms with van der Waals surface area (Å²) in [4.78, 5) is 5.30. The second-order valence-electron chi connectivity index (χ2n) is 15.1. The lowest BCUT2D eigenvalue weighted by Gasteiger charge is -2.24.